The molecule has 14 heavy (non-hydrogen) atoms. The van der Waals surface area contributed by atoms with Crippen molar-refractivity contribution in [2.75, 3.05) is 7.11 Å². The molecule has 0 spiro atoms. The average Bonchev–Trinajstić information content (AvgIpc) is 2.45. The molecule has 4 nitrogen and oxygen atoms in total. The standard InChI is InChI=1S/C7H7F3O4/c1-13-6(12)5-3(7(8,9)10)2-4(11)14-5/h3,5H,2H2,1H3/t3-,5+/m1/s1. The lowest BCUT2D eigenvalue weighted by molar-refractivity contribution is -0.196. The van der Waals surface area contributed by atoms with Crippen molar-refractivity contribution in [3.05, 3.63) is 0 Å². The molecule has 1 saturated heterocycles. The quantitative estimate of drug-likeness (QED) is 0.599. The fraction of sp³-hybridized carbons (Fsp3) is 0.714. The average molecular weight is 212 g/mol. The van der Waals surface area contributed by atoms with Crippen molar-refractivity contribution in [2.24, 2.45) is 5.92 Å². The summed E-state index contributed by atoms with van der Waals surface area (Å²) in [5, 5.41) is 0. The summed E-state index contributed by atoms with van der Waals surface area (Å²) in [5.74, 6) is -4.32. The highest BCUT2D eigenvalue weighted by Crippen LogP contribution is 2.37. The second kappa shape index (κ2) is 3.47. The van der Waals surface area contributed by atoms with Gasteiger partial charge in [-0.15, -0.1) is 0 Å². The van der Waals surface area contributed by atoms with Crippen LogP contribution in [0.25, 0.3) is 0 Å². The van der Waals surface area contributed by atoms with Crippen LogP contribution < -0.4 is 0 Å². The Morgan fingerprint density at radius 1 is 1.57 bits per heavy atom. The first kappa shape index (κ1) is 10.8. The van der Waals surface area contributed by atoms with E-state index in [0.29, 0.717) is 0 Å². The van der Waals surface area contributed by atoms with Crippen LogP contribution in [0, 0.1) is 5.92 Å². The van der Waals surface area contributed by atoms with E-state index in [1.54, 1.807) is 0 Å². The van der Waals surface area contributed by atoms with Crippen LogP contribution in [0.1, 0.15) is 6.42 Å². The maximum Gasteiger partial charge on any atom is 0.396 e. The lowest BCUT2D eigenvalue weighted by Gasteiger charge is -2.17. The van der Waals surface area contributed by atoms with Crippen LogP contribution in [0.15, 0.2) is 0 Å². The van der Waals surface area contributed by atoms with Crippen LogP contribution in [0.2, 0.25) is 0 Å². The zero-order chi connectivity index (χ0) is 10.9. The van der Waals surface area contributed by atoms with E-state index < -0.39 is 36.6 Å². The molecule has 2 atom stereocenters. The molecule has 80 valence electrons. The molecule has 0 bridgehead atoms. The van der Waals surface area contributed by atoms with Crippen LogP contribution in [-0.2, 0) is 19.1 Å². The van der Waals surface area contributed by atoms with Crippen molar-refractivity contribution in [3.63, 3.8) is 0 Å². The van der Waals surface area contributed by atoms with Crippen molar-refractivity contribution in [2.45, 2.75) is 18.7 Å². The second-order valence-electron chi connectivity index (χ2n) is 2.79. The molecule has 1 aliphatic heterocycles. The number of carbonyl (C=O) groups excluding carboxylic acids is 2. The number of alkyl halides is 3. The third-order valence-corrected chi connectivity index (χ3v) is 1.86. The minimum atomic E-state index is -4.63. The molecule has 0 unspecified atom stereocenters. The van der Waals surface area contributed by atoms with Gasteiger partial charge in [0.2, 0.25) is 6.10 Å². The maximum atomic E-state index is 12.2. The fourth-order valence-corrected chi connectivity index (χ4v) is 1.17. The molecule has 0 aromatic rings. The molecular weight excluding hydrogens is 205 g/mol. The van der Waals surface area contributed by atoms with E-state index in [-0.39, 0.29) is 0 Å². The number of methoxy groups -OCH3 is 1. The number of carbonyl (C=O) groups is 2. The maximum absolute atomic E-state index is 12.2. The summed E-state index contributed by atoms with van der Waals surface area (Å²) in [6.07, 6.45) is -7.32. The lowest BCUT2D eigenvalue weighted by Crippen LogP contribution is -2.36. The molecule has 0 N–H and O–H groups in total. The van der Waals surface area contributed by atoms with Gasteiger partial charge in [-0.1, -0.05) is 0 Å². The van der Waals surface area contributed by atoms with Crippen LogP contribution >= 0.6 is 0 Å². The van der Waals surface area contributed by atoms with E-state index in [1.165, 1.54) is 0 Å². The first-order valence-electron chi connectivity index (χ1n) is 3.70. The van der Waals surface area contributed by atoms with Gasteiger partial charge in [-0.25, -0.2) is 4.79 Å². The highest BCUT2D eigenvalue weighted by Gasteiger charge is 2.55. The number of ether oxygens (including phenoxy) is 2. The van der Waals surface area contributed by atoms with Crippen LogP contribution in [0.4, 0.5) is 13.2 Å². The largest absolute Gasteiger partial charge is 0.466 e. The first-order valence-corrected chi connectivity index (χ1v) is 3.70. The first-order chi connectivity index (χ1) is 6.36. The molecule has 0 radical (unpaired) electrons. The number of hydrogen-bond donors (Lipinski definition) is 0. The van der Waals surface area contributed by atoms with Crippen molar-refractivity contribution in [3.8, 4) is 0 Å². The molecule has 1 aliphatic rings. The number of hydrogen-bond acceptors (Lipinski definition) is 4. The number of esters is 2. The summed E-state index contributed by atoms with van der Waals surface area (Å²) in [7, 11) is 0.932. The van der Waals surface area contributed by atoms with E-state index in [4.69, 9.17) is 0 Å². The SMILES string of the molecule is COC(=O)[C@H]1OC(=O)C[C@H]1C(F)(F)F. The smallest absolute Gasteiger partial charge is 0.396 e. The van der Waals surface area contributed by atoms with Gasteiger partial charge in [0.05, 0.1) is 13.5 Å². The summed E-state index contributed by atoms with van der Waals surface area (Å²) >= 11 is 0. The van der Waals surface area contributed by atoms with Gasteiger partial charge in [0.1, 0.15) is 5.92 Å². The summed E-state index contributed by atoms with van der Waals surface area (Å²) < 4.78 is 45.0. The predicted octanol–water partition coefficient (Wildman–Crippen LogP) is 0.653. The number of cyclic esters (lactones) is 1. The zero-order valence-corrected chi connectivity index (χ0v) is 7.13. The molecule has 7 heteroatoms. The Morgan fingerprint density at radius 2 is 2.14 bits per heavy atom. The van der Waals surface area contributed by atoms with Gasteiger partial charge in [-0.05, 0) is 0 Å². The molecule has 0 amide bonds. The number of halogens is 3. The summed E-state index contributed by atoms with van der Waals surface area (Å²) in [4.78, 5) is 21.4. The third-order valence-electron chi connectivity index (χ3n) is 1.86. The Hall–Kier alpha value is -1.27. The predicted molar refractivity (Wildman–Crippen MR) is 36.1 cm³/mol. The highest BCUT2D eigenvalue weighted by atomic mass is 19.4. The lowest BCUT2D eigenvalue weighted by atomic mass is 10.0. The van der Waals surface area contributed by atoms with Crippen LogP contribution in [0.3, 0.4) is 0 Å². The molecule has 1 heterocycles. The Bertz CT molecular complexity index is 260. The van der Waals surface area contributed by atoms with Crippen molar-refractivity contribution in [1.29, 1.82) is 0 Å². The van der Waals surface area contributed by atoms with E-state index in [0.717, 1.165) is 7.11 Å². The second-order valence-corrected chi connectivity index (χ2v) is 2.79. The summed E-state index contributed by atoms with van der Waals surface area (Å²) in [5.41, 5.74) is 0. The third kappa shape index (κ3) is 1.97. The molecule has 0 aliphatic carbocycles. The molecule has 1 rings (SSSR count). The monoisotopic (exact) mass is 212 g/mol. The zero-order valence-electron chi connectivity index (χ0n) is 7.13. The van der Waals surface area contributed by atoms with Crippen molar-refractivity contribution < 1.29 is 32.2 Å². The van der Waals surface area contributed by atoms with E-state index in [2.05, 4.69) is 9.47 Å². The normalized spacial score (nSPS) is 27.3. The topological polar surface area (TPSA) is 52.6 Å². The van der Waals surface area contributed by atoms with Crippen molar-refractivity contribution >= 4 is 11.9 Å². The Labute approximate surface area is 77.0 Å². The van der Waals surface area contributed by atoms with Gasteiger partial charge < -0.3 is 9.47 Å². The van der Waals surface area contributed by atoms with E-state index in [1.807, 2.05) is 0 Å². The number of rotatable bonds is 1. The van der Waals surface area contributed by atoms with Crippen LogP contribution in [0.5, 0.6) is 0 Å². The fourth-order valence-electron chi connectivity index (χ4n) is 1.17. The van der Waals surface area contributed by atoms with E-state index >= 15 is 0 Å². The minimum Gasteiger partial charge on any atom is -0.466 e. The molecule has 0 saturated carbocycles. The minimum absolute atomic E-state index is 0.830. The molecule has 1 fully saturated rings. The molecule has 0 aromatic carbocycles. The van der Waals surface area contributed by atoms with Gasteiger partial charge >= 0.3 is 18.1 Å². The van der Waals surface area contributed by atoms with Crippen molar-refractivity contribution in [1.82, 2.24) is 0 Å². The Kier molecular flexibility index (Phi) is 2.68. The molecular formula is C7H7F3O4. The Balaban J connectivity index is 2.83. The molecule has 0 aromatic heterocycles. The van der Waals surface area contributed by atoms with E-state index in [9.17, 15) is 22.8 Å². The van der Waals surface area contributed by atoms with Gasteiger partial charge in [0, 0.05) is 0 Å². The summed E-state index contributed by atoms with van der Waals surface area (Å²) in [6, 6.07) is 0. The van der Waals surface area contributed by atoms with Gasteiger partial charge in [0.25, 0.3) is 0 Å². The Morgan fingerprint density at radius 3 is 2.57 bits per heavy atom. The van der Waals surface area contributed by atoms with Crippen LogP contribution in [-0.4, -0.2) is 31.3 Å². The summed E-state index contributed by atoms with van der Waals surface area (Å²) in [6.45, 7) is 0. The van der Waals surface area contributed by atoms with Gasteiger partial charge in [0.15, 0.2) is 0 Å². The van der Waals surface area contributed by atoms with Gasteiger partial charge in [-0.2, -0.15) is 13.2 Å². The van der Waals surface area contributed by atoms with Gasteiger partial charge in [-0.3, -0.25) is 4.79 Å². The highest BCUT2D eigenvalue weighted by molar-refractivity contribution is 5.83.